The number of nitrogens with zero attached hydrogens (tertiary/aromatic N) is 5. The van der Waals surface area contributed by atoms with Crippen LogP contribution in [0.15, 0.2) is 176 Å². The lowest BCUT2D eigenvalue weighted by molar-refractivity contribution is -0.0399. The van der Waals surface area contributed by atoms with Crippen molar-refractivity contribution < 1.29 is 0 Å². The maximum absolute atomic E-state index is 5.24. The molecule has 0 aliphatic heterocycles. The predicted molar refractivity (Wildman–Crippen MR) is 256 cm³/mol. The first-order chi connectivity index (χ1) is 31.2. The van der Waals surface area contributed by atoms with E-state index < -0.39 is 0 Å². The summed E-state index contributed by atoms with van der Waals surface area (Å²) in [4.78, 5) is 10.1. The van der Waals surface area contributed by atoms with E-state index in [2.05, 4.69) is 171 Å². The van der Waals surface area contributed by atoms with Gasteiger partial charge in [-0.1, -0.05) is 97.1 Å². The molecule has 4 aromatic heterocycles. The Labute approximate surface area is 364 Å². The lowest BCUT2D eigenvalue weighted by Gasteiger charge is -2.61. The Morgan fingerprint density at radius 3 is 1.76 bits per heavy atom. The van der Waals surface area contributed by atoms with E-state index in [1.54, 1.807) is 11.1 Å². The zero-order valence-electron chi connectivity index (χ0n) is 34.8. The van der Waals surface area contributed by atoms with Crippen LogP contribution in [-0.2, 0) is 5.41 Å². The highest BCUT2D eigenvalue weighted by molar-refractivity contribution is 6.13. The molecule has 5 aliphatic rings. The second-order valence-electron chi connectivity index (χ2n) is 19.0. The van der Waals surface area contributed by atoms with Crippen LogP contribution in [-0.4, -0.2) is 23.7 Å². The summed E-state index contributed by atoms with van der Waals surface area (Å²) in [5, 5.41) is 4.96. The van der Waals surface area contributed by atoms with Gasteiger partial charge in [-0.05, 0) is 162 Å². The fourth-order valence-electron chi connectivity index (χ4n) is 13.9. The first kappa shape index (κ1) is 34.4. The summed E-state index contributed by atoms with van der Waals surface area (Å²) in [7, 11) is 0. The highest BCUT2D eigenvalue weighted by Gasteiger charge is 2.61. The van der Waals surface area contributed by atoms with Crippen LogP contribution >= 0.6 is 0 Å². The first-order valence-corrected chi connectivity index (χ1v) is 22.9. The maximum atomic E-state index is 5.24. The molecule has 5 heteroatoms. The van der Waals surface area contributed by atoms with Crippen molar-refractivity contribution in [1.82, 2.24) is 23.7 Å². The van der Waals surface area contributed by atoms with Crippen LogP contribution in [0.1, 0.15) is 43.2 Å². The van der Waals surface area contributed by atoms with Crippen molar-refractivity contribution in [3.05, 3.63) is 187 Å². The summed E-state index contributed by atoms with van der Waals surface area (Å²) in [6.07, 6.45) is 8.88. The largest absolute Gasteiger partial charge is 0.309 e. The minimum Gasteiger partial charge on any atom is -0.309 e. The molecule has 1 spiro atoms. The summed E-state index contributed by atoms with van der Waals surface area (Å²) < 4.78 is 7.04. The molecule has 4 fully saturated rings. The van der Waals surface area contributed by atoms with Gasteiger partial charge in [-0.3, -0.25) is 9.13 Å². The van der Waals surface area contributed by atoms with Gasteiger partial charge in [0.2, 0.25) is 5.95 Å². The number of pyridine rings is 1. The Hall–Kier alpha value is -7.24. The standard InChI is InChI=1S/C58H43N5/c1-2-11-41(12-3-1)62-56-51(17-10-26-59-56)60-57(62)63-53-19-9-6-15-46(53)48-33-38(21-25-55(48)63)37-20-24-54-47(32-37)45-14-5-8-18-52(45)61(54)42-22-23-44-43-13-4-7-16-49(43)58(50(44)34-42)39-28-35-27-36(30-39)31-40(58)29-35/h1-26,32-36,39-40H,27-31H2. The van der Waals surface area contributed by atoms with Gasteiger partial charge in [-0.2, -0.15) is 0 Å². The third-order valence-electron chi connectivity index (χ3n) is 16.1. The van der Waals surface area contributed by atoms with Gasteiger partial charge in [-0.25, -0.2) is 9.97 Å². The summed E-state index contributed by atoms with van der Waals surface area (Å²) >= 11 is 0. The van der Waals surface area contributed by atoms with Gasteiger partial charge in [0.1, 0.15) is 5.52 Å². The van der Waals surface area contributed by atoms with Crippen LogP contribution in [0.4, 0.5) is 0 Å². The molecule has 11 aromatic rings. The Morgan fingerprint density at radius 1 is 0.429 bits per heavy atom. The minimum absolute atomic E-state index is 0.133. The van der Waals surface area contributed by atoms with E-state index in [9.17, 15) is 0 Å². The molecule has 4 bridgehead atoms. The molecular weight excluding hydrogens is 767 g/mol. The third kappa shape index (κ3) is 4.51. The molecule has 4 heterocycles. The molecule has 5 nitrogen and oxygen atoms in total. The van der Waals surface area contributed by atoms with Gasteiger partial charge in [0.05, 0.1) is 27.8 Å². The maximum Gasteiger partial charge on any atom is 0.221 e. The van der Waals surface area contributed by atoms with Crippen molar-refractivity contribution in [2.24, 2.45) is 23.7 Å². The Morgan fingerprint density at radius 2 is 1.03 bits per heavy atom. The summed E-state index contributed by atoms with van der Waals surface area (Å²) in [6.45, 7) is 0. The molecule has 0 N–H and O–H groups in total. The number of fused-ring (bicyclic) bond motifs is 10. The number of para-hydroxylation sites is 3. The van der Waals surface area contributed by atoms with Gasteiger partial charge >= 0.3 is 0 Å². The second-order valence-corrected chi connectivity index (χ2v) is 19.0. The van der Waals surface area contributed by atoms with Crippen LogP contribution in [0.5, 0.6) is 0 Å². The van der Waals surface area contributed by atoms with Crippen LogP contribution < -0.4 is 0 Å². The van der Waals surface area contributed by atoms with E-state index in [0.29, 0.717) is 0 Å². The lowest BCUT2D eigenvalue weighted by atomic mass is 9.43. The average molecular weight is 810 g/mol. The van der Waals surface area contributed by atoms with E-state index in [0.717, 1.165) is 57.5 Å². The second kappa shape index (κ2) is 12.4. The zero-order chi connectivity index (χ0) is 41.0. The number of benzene rings is 7. The number of imidazole rings is 1. The lowest BCUT2D eigenvalue weighted by Crippen LogP contribution is -2.55. The van der Waals surface area contributed by atoms with Crippen molar-refractivity contribution in [3.8, 4) is 39.6 Å². The Bertz CT molecular complexity index is 3690. The fraction of sp³-hybridized carbons (Fsp3) is 0.172. The van der Waals surface area contributed by atoms with Crippen molar-refractivity contribution in [2.45, 2.75) is 37.5 Å². The zero-order valence-corrected chi connectivity index (χ0v) is 34.8. The molecule has 7 aromatic carbocycles. The van der Waals surface area contributed by atoms with Crippen LogP contribution in [0.25, 0.3) is 94.4 Å². The van der Waals surface area contributed by atoms with Crippen molar-refractivity contribution in [1.29, 1.82) is 0 Å². The molecule has 0 saturated heterocycles. The molecule has 0 amide bonds. The smallest absolute Gasteiger partial charge is 0.221 e. The van der Waals surface area contributed by atoms with Crippen LogP contribution in [0.2, 0.25) is 0 Å². The third-order valence-corrected chi connectivity index (χ3v) is 16.1. The minimum atomic E-state index is 0.133. The number of aromatic nitrogens is 5. The Balaban J connectivity index is 0.895. The van der Waals surface area contributed by atoms with E-state index >= 15 is 0 Å². The molecule has 4 saturated carbocycles. The van der Waals surface area contributed by atoms with Gasteiger partial charge < -0.3 is 4.57 Å². The summed E-state index contributed by atoms with van der Waals surface area (Å²) in [6, 6.07) is 63.2. The monoisotopic (exact) mass is 809 g/mol. The fourth-order valence-corrected chi connectivity index (χ4v) is 13.9. The van der Waals surface area contributed by atoms with Crippen molar-refractivity contribution in [3.63, 3.8) is 0 Å². The summed E-state index contributed by atoms with van der Waals surface area (Å²) in [5.74, 6) is 4.14. The highest BCUT2D eigenvalue weighted by atomic mass is 15.3. The SMILES string of the molecule is c1ccc(-n2c(-n3c4ccccc4c4cc(-c5ccc6c(c5)c5ccccc5n6-c5ccc6c(c5)C5(c7ccccc7-6)C6CC7CC(C6)CC5C7)ccc43)nc3cccnc32)cc1. The molecule has 63 heavy (non-hydrogen) atoms. The summed E-state index contributed by atoms with van der Waals surface area (Å²) in [5.41, 5.74) is 17.4. The van der Waals surface area contributed by atoms with E-state index in [4.69, 9.17) is 9.97 Å². The van der Waals surface area contributed by atoms with Crippen molar-refractivity contribution >= 4 is 54.8 Å². The van der Waals surface area contributed by atoms with Gasteiger partial charge in [0, 0.05) is 38.8 Å². The van der Waals surface area contributed by atoms with E-state index in [1.807, 2.05) is 18.3 Å². The van der Waals surface area contributed by atoms with E-state index in [1.165, 1.54) is 92.6 Å². The van der Waals surface area contributed by atoms with Gasteiger partial charge in [0.25, 0.3) is 0 Å². The number of hydrogen-bond acceptors (Lipinski definition) is 2. The molecule has 0 unspecified atom stereocenters. The molecule has 5 aliphatic carbocycles. The molecule has 16 rings (SSSR count). The van der Waals surface area contributed by atoms with Gasteiger partial charge in [-0.15, -0.1) is 0 Å². The van der Waals surface area contributed by atoms with Crippen LogP contribution in [0.3, 0.4) is 0 Å². The average Bonchev–Trinajstić information content (AvgIpc) is 4.06. The molecule has 0 radical (unpaired) electrons. The molecular formula is C58H43N5. The van der Waals surface area contributed by atoms with E-state index in [-0.39, 0.29) is 5.41 Å². The van der Waals surface area contributed by atoms with Crippen molar-refractivity contribution in [2.75, 3.05) is 0 Å². The molecule has 300 valence electrons. The van der Waals surface area contributed by atoms with Crippen LogP contribution in [0, 0.1) is 23.7 Å². The number of rotatable bonds is 4. The quantitative estimate of drug-likeness (QED) is 0.178. The topological polar surface area (TPSA) is 40.6 Å². The predicted octanol–water partition coefficient (Wildman–Crippen LogP) is 14.0. The number of hydrogen-bond donors (Lipinski definition) is 0. The first-order valence-electron chi connectivity index (χ1n) is 22.9. The molecule has 0 atom stereocenters. The highest BCUT2D eigenvalue weighted by Crippen LogP contribution is 2.69. The normalized spacial score (nSPS) is 22.0. The van der Waals surface area contributed by atoms with Gasteiger partial charge in [0.15, 0.2) is 5.65 Å². The Kier molecular flexibility index (Phi) is 6.79.